The maximum absolute atomic E-state index is 13.7. The maximum atomic E-state index is 13.7. The molecular weight excluding hydrogens is 359 g/mol. The summed E-state index contributed by atoms with van der Waals surface area (Å²) in [6.45, 7) is 3.21. The number of carbonyl (C=O) groups is 1. The monoisotopic (exact) mass is 380 g/mol. The Morgan fingerprint density at radius 2 is 1.73 bits per heavy atom. The summed E-state index contributed by atoms with van der Waals surface area (Å²) >= 11 is 0. The third-order valence-electron chi connectivity index (χ3n) is 3.57. The first-order valence-electron chi connectivity index (χ1n) is 7.91. The molecule has 0 atom stereocenters. The van der Waals surface area contributed by atoms with Gasteiger partial charge in [0, 0.05) is 5.69 Å². The molecule has 3 N–H and O–H groups in total. The van der Waals surface area contributed by atoms with Crippen molar-refractivity contribution in [2.45, 2.75) is 30.7 Å². The van der Waals surface area contributed by atoms with Crippen LogP contribution in [0.3, 0.4) is 0 Å². The van der Waals surface area contributed by atoms with E-state index in [9.17, 15) is 17.6 Å². The minimum absolute atomic E-state index is 0.0871. The van der Waals surface area contributed by atoms with Crippen LogP contribution in [-0.4, -0.2) is 31.6 Å². The van der Waals surface area contributed by atoms with Gasteiger partial charge in [-0.3, -0.25) is 9.52 Å². The molecule has 0 heterocycles. The molecule has 0 aliphatic rings. The zero-order chi connectivity index (χ0) is 19.4. The van der Waals surface area contributed by atoms with Crippen molar-refractivity contribution >= 4 is 21.6 Å². The van der Waals surface area contributed by atoms with Gasteiger partial charge < -0.3 is 10.4 Å². The van der Waals surface area contributed by atoms with Gasteiger partial charge in [-0.25, -0.2) is 12.8 Å². The van der Waals surface area contributed by atoms with Crippen LogP contribution in [0.4, 0.5) is 10.1 Å². The summed E-state index contributed by atoms with van der Waals surface area (Å²) in [5.74, 6) is -1.09. The summed E-state index contributed by atoms with van der Waals surface area (Å²) in [6.07, 6.45) is 0.0871. The quantitative estimate of drug-likeness (QED) is 0.685. The Hall–Kier alpha value is -2.45. The lowest BCUT2D eigenvalue weighted by molar-refractivity contribution is -0.122. The van der Waals surface area contributed by atoms with E-state index in [0.717, 1.165) is 6.07 Å². The maximum Gasteiger partial charge on any atom is 0.264 e. The van der Waals surface area contributed by atoms with Crippen LogP contribution in [0, 0.1) is 5.82 Å². The van der Waals surface area contributed by atoms with E-state index in [1.165, 1.54) is 30.3 Å². The van der Waals surface area contributed by atoms with Gasteiger partial charge in [-0.2, -0.15) is 0 Å². The molecule has 0 fully saturated rings. The van der Waals surface area contributed by atoms with Crippen LogP contribution in [0.2, 0.25) is 0 Å². The Balaban J connectivity index is 2.06. The van der Waals surface area contributed by atoms with Gasteiger partial charge in [-0.05, 0) is 43.7 Å². The second-order valence-electron chi connectivity index (χ2n) is 6.50. The fraction of sp³-hybridized carbons (Fsp3) is 0.278. The van der Waals surface area contributed by atoms with Crippen molar-refractivity contribution in [3.63, 3.8) is 0 Å². The van der Waals surface area contributed by atoms with Crippen LogP contribution in [0.15, 0.2) is 53.4 Å². The van der Waals surface area contributed by atoms with E-state index >= 15 is 0 Å². The van der Waals surface area contributed by atoms with Gasteiger partial charge in [0.05, 0.1) is 18.6 Å². The molecule has 140 valence electrons. The van der Waals surface area contributed by atoms with Crippen molar-refractivity contribution in [2.24, 2.45) is 0 Å². The first kappa shape index (κ1) is 19.9. The van der Waals surface area contributed by atoms with Gasteiger partial charge in [0.15, 0.2) is 0 Å². The molecule has 6 nitrogen and oxygen atoms in total. The number of halogens is 1. The van der Waals surface area contributed by atoms with Crippen molar-refractivity contribution in [3.8, 4) is 0 Å². The number of hydrogen-bond donors (Lipinski definition) is 3. The Kier molecular flexibility index (Phi) is 5.99. The van der Waals surface area contributed by atoms with E-state index in [1.807, 2.05) is 0 Å². The highest BCUT2D eigenvalue weighted by molar-refractivity contribution is 7.92. The number of rotatable bonds is 7. The highest BCUT2D eigenvalue weighted by atomic mass is 32.2. The van der Waals surface area contributed by atoms with Gasteiger partial charge >= 0.3 is 0 Å². The van der Waals surface area contributed by atoms with E-state index in [-0.39, 0.29) is 24.6 Å². The molecule has 8 heteroatoms. The lowest BCUT2D eigenvalue weighted by Crippen LogP contribution is -2.46. The molecule has 0 bridgehead atoms. The second-order valence-corrected chi connectivity index (χ2v) is 8.15. The van der Waals surface area contributed by atoms with Crippen LogP contribution in [0.1, 0.15) is 19.4 Å². The molecule has 2 aromatic rings. The minimum Gasteiger partial charge on any atom is -0.394 e. The van der Waals surface area contributed by atoms with Crippen molar-refractivity contribution < 1.29 is 22.7 Å². The van der Waals surface area contributed by atoms with E-state index in [4.69, 9.17) is 5.11 Å². The second kappa shape index (κ2) is 7.84. The molecule has 0 aliphatic heterocycles. The van der Waals surface area contributed by atoms with E-state index in [1.54, 1.807) is 26.0 Å². The average Bonchev–Trinajstić information content (AvgIpc) is 2.56. The fourth-order valence-electron chi connectivity index (χ4n) is 2.21. The van der Waals surface area contributed by atoms with Crippen LogP contribution in [0.25, 0.3) is 0 Å². The Labute approximate surface area is 152 Å². The van der Waals surface area contributed by atoms with Crippen molar-refractivity contribution in [1.82, 2.24) is 5.32 Å². The summed E-state index contributed by atoms with van der Waals surface area (Å²) in [5, 5.41) is 11.9. The van der Waals surface area contributed by atoms with E-state index in [2.05, 4.69) is 10.0 Å². The predicted octanol–water partition coefficient (Wildman–Crippen LogP) is 2.06. The van der Waals surface area contributed by atoms with Crippen molar-refractivity contribution in [1.29, 1.82) is 0 Å². The molecule has 0 aliphatic carbocycles. The summed E-state index contributed by atoms with van der Waals surface area (Å²) in [7, 11) is -4.04. The largest absolute Gasteiger partial charge is 0.394 e. The third-order valence-corrected chi connectivity index (χ3v) is 4.98. The Morgan fingerprint density at radius 1 is 1.12 bits per heavy atom. The highest BCUT2D eigenvalue weighted by Gasteiger charge is 2.20. The van der Waals surface area contributed by atoms with E-state index in [0.29, 0.717) is 5.56 Å². The number of carbonyl (C=O) groups excluding carboxylic acids is 1. The van der Waals surface area contributed by atoms with Gasteiger partial charge in [0.1, 0.15) is 10.7 Å². The predicted molar refractivity (Wildman–Crippen MR) is 96.7 cm³/mol. The van der Waals surface area contributed by atoms with Crippen molar-refractivity contribution in [3.05, 3.63) is 59.9 Å². The van der Waals surface area contributed by atoms with Crippen LogP contribution in [-0.2, 0) is 21.2 Å². The summed E-state index contributed by atoms with van der Waals surface area (Å²) in [6, 6.07) is 11.3. The molecule has 0 radical (unpaired) electrons. The highest BCUT2D eigenvalue weighted by Crippen LogP contribution is 2.19. The summed E-state index contributed by atoms with van der Waals surface area (Å²) in [5.41, 5.74) is 0.213. The first-order chi connectivity index (χ1) is 12.1. The number of benzene rings is 2. The summed E-state index contributed by atoms with van der Waals surface area (Å²) in [4.78, 5) is 11.5. The van der Waals surface area contributed by atoms with Gasteiger partial charge in [0.2, 0.25) is 5.91 Å². The minimum atomic E-state index is -4.04. The molecule has 0 spiro atoms. The molecule has 2 aromatic carbocycles. The molecule has 0 saturated carbocycles. The van der Waals surface area contributed by atoms with Crippen molar-refractivity contribution in [2.75, 3.05) is 11.3 Å². The SMILES string of the molecule is CC(C)(CO)NC(=O)Cc1ccc(NS(=O)(=O)c2ccccc2F)cc1. The van der Waals surface area contributed by atoms with Gasteiger partial charge in [0.25, 0.3) is 10.0 Å². The third kappa shape index (κ3) is 5.27. The fourth-order valence-corrected chi connectivity index (χ4v) is 3.35. The number of hydrogen-bond acceptors (Lipinski definition) is 4. The molecule has 26 heavy (non-hydrogen) atoms. The van der Waals surface area contributed by atoms with Gasteiger partial charge in [-0.15, -0.1) is 0 Å². The number of nitrogens with one attached hydrogen (secondary N) is 2. The molecule has 0 aromatic heterocycles. The Morgan fingerprint density at radius 3 is 2.31 bits per heavy atom. The standard InChI is InChI=1S/C18H21FN2O4S/c1-18(2,12-22)20-17(23)11-13-7-9-14(10-8-13)21-26(24,25)16-6-4-3-5-15(16)19/h3-10,21-22H,11-12H2,1-2H3,(H,20,23). The Bertz CT molecular complexity index is 880. The number of sulfonamides is 1. The van der Waals surface area contributed by atoms with Crippen LogP contribution < -0.4 is 10.0 Å². The number of amides is 1. The lowest BCUT2D eigenvalue weighted by atomic mass is 10.1. The molecular formula is C18H21FN2O4S. The van der Waals surface area contributed by atoms with Crippen LogP contribution >= 0.6 is 0 Å². The average molecular weight is 380 g/mol. The smallest absolute Gasteiger partial charge is 0.264 e. The number of aliphatic hydroxyl groups is 1. The number of anilines is 1. The zero-order valence-electron chi connectivity index (χ0n) is 14.5. The molecule has 0 saturated heterocycles. The first-order valence-corrected chi connectivity index (χ1v) is 9.39. The topological polar surface area (TPSA) is 95.5 Å². The number of aliphatic hydroxyl groups excluding tert-OH is 1. The zero-order valence-corrected chi connectivity index (χ0v) is 15.3. The van der Waals surface area contributed by atoms with Gasteiger partial charge in [-0.1, -0.05) is 24.3 Å². The molecule has 0 unspecified atom stereocenters. The molecule has 2 rings (SSSR count). The summed E-state index contributed by atoms with van der Waals surface area (Å²) < 4.78 is 40.5. The normalized spacial score (nSPS) is 11.8. The van der Waals surface area contributed by atoms with Crippen LogP contribution in [0.5, 0.6) is 0 Å². The lowest BCUT2D eigenvalue weighted by Gasteiger charge is -2.23. The molecule has 1 amide bonds. The van der Waals surface area contributed by atoms with E-state index < -0.39 is 26.3 Å².